The maximum absolute atomic E-state index is 12.2. The van der Waals surface area contributed by atoms with Gasteiger partial charge in [-0.3, -0.25) is 0 Å². The molecule has 2 rings (SSSR count). The van der Waals surface area contributed by atoms with Crippen molar-refractivity contribution < 1.29 is 8.42 Å². The summed E-state index contributed by atoms with van der Waals surface area (Å²) in [5.41, 5.74) is 0.175. The van der Waals surface area contributed by atoms with Crippen LogP contribution in [0.5, 0.6) is 0 Å². The average molecular weight is 307 g/mol. The van der Waals surface area contributed by atoms with Crippen LogP contribution in [0.1, 0.15) is 31.2 Å². The van der Waals surface area contributed by atoms with Crippen LogP contribution in [0, 0.1) is 11.3 Å². The average Bonchev–Trinajstić information content (AvgIpc) is 3.01. The molecule has 0 amide bonds. The highest BCUT2D eigenvalue weighted by Gasteiger charge is 2.21. The van der Waals surface area contributed by atoms with Crippen LogP contribution >= 0.6 is 0 Å². The predicted octanol–water partition coefficient (Wildman–Crippen LogP) is 1.71. The van der Waals surface area contributed by atoms with Gasteiger partial charge in [-0.05, 0) is 32.0 Å². The number of nitrogens with one attached hydrogen (secondary N) is 1. The summed E-state index contributed by atoms with van der Waals surface area (Å²) < 4.78 is 27.1. The molecular formula is C15H21N3O2S. The Labute approximate surface area is 126 Å². The van der Waals surface area contributed by atoms with Gasteiger partial charge in [0.15, 0.2) is 0 Å². The van der Waals surface area contributed by atoms with Gasteiger partial charge in [-0.15, -0.1) is 0 Å². The van der Waals surface area contributed by atoms with Crippen molar-refractivity contribution in [2.45, 2.75) is 36.6 Å². The van der Waals surface area contributed by atoms with Crippen molar-refractivity contribution in [3.63, 3.8) is 0 Å². The molecule has 1 aliphatic rings. The lowest BCUT2D eigenvalue weighted by molar-refractivity contribution is 0.250. The number of likely N-dealkylation sites (N-methyl/N-ethyl adjacent to an activating group) is 1. The fourth-order valence-electron chi connectivity index (χ4n) is 2.76. The van der Waals surface area contributed by atoms with Crippen LogP contribution in [-0.2, 0) is 10.0 Å². The molecule has 1 N–H and O–H groups in total. The van der Waals surface area contributed by atoms with Crippen LogP contribution in [0.15, 0.2) is 29.2 Å². The van der Waals surface area contributed by atoms with Crippen molar-refractivity contribution >= 4 is 10.0 Å². The Morgan fingerprint density at radius 2 is 2.00 bits per heavy atom. The zero-order valence-corrected chi connectivity index (χ0v) is 13.1. The van der Waals surface area contributed by atoms with Crippen LogP contribution in [0.4, 0.5) is 0 Å². The maximum atomic E-state index is 12.2. The lowest BCUT2D eigenvalue weighted by atomic mass is 10.2. The van der Waals surface area contributed by atoms with E-state index < -0.39 is 10.0 Å². The van der Waals surface area contributed by atoms with Crippen molar-refractivity contribution in [1.29, 1.82) is 5.26 Å². The molecule has 6 heteroatoms. The lowest BCUT2D eigenvalue weighted by Crippen LogP contribution is -2.37. The minimum atomic E-state index is -3.62. The van der Waals surface area contributed by atoms with Gasteiger partial charge in [-0.25, -0.2) is 13.1 Å². The summed E-state index contributed by atoms with van der Waals surface area (Å²) in [5.74, 6) is 0. The second kappa shape index (κ2) is 7.03. The standard InChI is InChI=1S/C15H21N3O2S/c1-18(14-7-3-4-8-14)11-10-17-21(19,20)15-9-5-2-6-13(15)12-16/h2,5-6,9,14,17H,3-4,7-8,10-11H2,1H3. The van der Waals surface area contributed by atoms with E-state index >= 15 is 0 Å². The summed E-state index contributed by atoms with van der Waals surface area (Å²) in [6, 6.07) is 8.74. The molecule has 1 saturated carbocycles. The largest absolute Gasteiger partial charge is 0.302 e. The molecule has 1 aromatic rings. The van der Waals surface area contributed by atoms with Gasteiger partial charge in [0, 0.05) is 19.1 Å². The first kappa shape index (κ1) is 16.0. The molecule has 0 heterocycles. The van der Waals surface area contributed by atoms with Gasteiger partial charge >= 0.3 is 0 Å². The van der Waals surface area contributed by atoms with Crippen molar-refractivity contribution in [3.05, 3.63) is 29.8 Å². The topological polar surface area (TPSA) is 73.2 Å². The van der Waals surface area contributed by atoms with Crippen LogP contribution in [-0.4, -0.2) is 39.5 Å². The SMILES string of the molecule is CN(CCNS(=O)(=O)c1ccccc1C#N)C1CCCC1. The zero-order valence-electron chi connectivity index (χ0n) is 12.2. The molecule has 114 valence electrons. The second-order valence-corrected chi connectivity index (χ2v) is 7.16. The minimum absolute atomic E-state index is 0.0519. The maximum Gasteiger partial charge on any atom is 0.241 e. The molecule has 0 aromatic heterocycles. The number of nitriles is 1. The normalized spacial score (nSPS) is 16.2. The van der Waals surface area contributed by atoms with E-state index in [0.29, 0.717) is 19.1 Å². The molecular weight excluding hydrogens is 286 g/mol. The summed E-state index contributed by atoms with van der Waals surface area (Å²) in [4.78, 5) is 2.27. The fourth-order valence-corrected chi connectivity index (χ4v) is 3.93. The molecule has 1 fully saturated rings. The Morgan fingerprint density at radius 1 is 1.33 bits per heavy atom. The zero-order chi connectivity index (χ0) is 15.3. The van der Waals surface area contributed by atoms with E-state index in [-0.39, 0.29) is 10.5 Å². The molecule has 1 aromatic carbocycles. The molecule has 5 nitrogen and oxygen atoms in total. The van der Waals surface area contributed by atoms with E-state index in [1.807, 2.05) is 13.1 Å². The number of hydrogen-bond acceptors (Lipinski definition) is 4. The van der Waals surface area contributed by atoms with E-state index in [0.717, 1.165) is 0 Å². The first-order valence-corrected chi connectivity index (χ1v) is 8.72. The number of benzene rings is 1. The number of hydrogen-bond donors (Lipinski definition) is 1. The third-order valence-corrected chi connectivity index (χ3v) is 5.52. The van der Waals surface area contributed by atoms with Crippen LogP contribution in [0.2, 0.25) is 0 Å². The fraction of sp³-hybridized carbons (Fsp3) is 0.533. The number of sulfonamides is 1. The smallest absolute Gasteiger partial charge is 0.241 e. The highest BCUT2D eigenvalue weighted by molar-refractivity contribution is 7.89. The third kappa shape index (κ3) is 4.03. The number of rotatable bonds is 6. The molecule has 0 bridgehead atoms. The molecule has 0 atom stereocenters. The van der Waals surface area contributed by atoms with Crippen LogP contribution in [0.3, 0.4) is 0 Å². The lowest BCUT2D eigenvalue weighted by Gasteiger charge is -2.23. The molecule has 0 radical (unpaired) electrons. The van der Waals surface area contributed by atoms with Crippen molar-refractivity contribution in [2.75, 3.05) is 20.1 Å². The molecule has 0 saturated heterocycles. The van der Waals surface area contributed by atoms with E-state index in [9.17, 15) is 8.42 Å². The number of nitrogens with zero attached hydrogens (tertiary/aromatic N) is 2. The van der Waals surface area contributed by atoms with E-state index in [1.54, 1.807) is 12.1 Å². The summed E-state index contributed by atoms with van der Waals surface area (Å²) >= 11 is 0. The molecule has 0 aliphatic heterocycles. The quantitative estimate of drug-likeness (QED) is 0.868. The summed E-state index contributed by atoms with van der Waals surface area (Å²) in [5, 5.41) is 8.99. The first-order chi connectivity index (χ1) is 10.0. The van der Waals surface area contributed by atoms with Gasteiger partial charge in [0.2, 0.25) is 10.0 Å². The molecule has 1 aliphatic carbocycles. The van der Waals surface area contributed by atoms with E-state index in [4.69, 9.17) is 5.26 Å². The summed E-state index contributed by atoms with van der Waals surface area (Å²) in [7, 11) is -1.59. The van der Waals surface area contributed by atoms with Gasteiger partial charge in [-0.2, -0.15) is 5.26 Å². The Kier molecular flexibility index (Phi) is 5.34. The van der Waals surface area contributed by atoms with E-state index in [2.05, 4.69) is 9.62 Å². The monoisotopic (exact) mass is 307 g/mol. The first-order valence-electron chi connectivity index (χ1n) is 7.23. The van der Waals surface area contributed by atoms with Gasteiger partial charge in [0.25, 0.3) is 0 Å². The molecule has 0 spiro atoms. The van der Waals surface area contributed by atoms with Crippen molar-refractivity contribution in [1.82, 2.24) is 9.62 Å². The predicted molar refractivity (Wildman–Crippen MR) is 81.2 cm³/mol. The van der Waals surface area contributed by atoms with E-state index in [1.165, 1.54) is 37.8 Å². The van der Waals surface area contributed by atoms with Gasteiger partial charge in [0.1, 0.15) is 6.07 Å². The second-order valence-electron chi connectivity index (χ2n) is 5.42. The Morgan fingerprint density at radius 3 is 2.67 bits per heavy atom. The van der Waals surface area contributed by atoms with Crippen molar-refractivity contribution in [2.24, 2.45) is 0 Å². The molecule has 21 heavy (non-hydrogen) atoms. The Balaban J connectivity index is 1.94. The van der Waals surface area contributed by atoms with Gasteiger partial charge in [-0.1, -0.05) is 25.0 Å². The Hall–Kier alpha value is -1.42. The summed E-state index contributed by atoms with van der Waals surface area (Å²) in [6.07, 6.45) is 4.91. The van der Waals surface area contributed by atoms with Crippen LogP contribution < -0.4 is 4.72 Å². The summed E-state index contributed by atoms with van der Waals surface area (Å²) in [6.45, 7) is 1.04. The van der Waals surface area contributed by atoms with Crippen molar-refractivity contribution in [3.8, 4) is 6.07 Å². The highest BCUT2D eigenvalue weighted by atomic mass is 32.2. The van der Waals surface area contributed by atoms with Crippen LogP contribution in [0.25, 0.3) is 0 Å². The minimum Gasteiger partial charge on any atom is -0.302 e. The highest BCUT2D eigenvalue weighted by Crippen LogP contribution is 2.22. The van der Waals surface area contributed by atoms with Gasteiger partial charge in [0.05, 0.1) is 10.5 Å². The van der Waals surface area contributed by atoms with Gasteiger partial charge < -0.3 is 4.90 Å². The molecule has 0 unspecified atom stereocenters. The Bertz CT molecular complexity index is 616. The third-order valence-electron chi connectivity index (χ3n) is 4.00.